The summed E-state index contributed by atoms with van der Waals surface area (Å²) in [6, 6.07) is 0. The van der Waals surface area contributed by atoms with E-state index in [-0.39, 0.29) is 25.2 Å². The lowest BCUT2D eigenvalue weighted by molar-refractivity contribution is -0.164. The van der Waals surface area contributed by atoms with Crippen molar-refractivity contribution in [1.29, 1.82) is 0 Å². The topological polar surface area (TPSA) is 58.6 Å². The highest BCUT2D eigenvalue weighted by molar-refractivity contribution is 5.86. The number of hydrogen-bond donors (Lipinski definition) is 1. The Morgan fingerprint density at radius 3 is 2.68 bits per heavy atom. The van der Waals surface area contributed by atoms with Crippen LogP contribution in [0.4, 0.5) is 8.78 Å². The molecule has 3 rings (SSSR count). The zero-order valence-electron chi connectivity index (χ0n) is 12.6. The number of ether oxygens (including phenoxy) is 1. The summed E-state index contributed by atoms with van der Waals surface area (Å²) < 4.78 is 33.6. The smallest absolute Gasteiger partial charge is 0.266 e. The van der Waals surface area contributed by atoms with Gasteiger partial charge in [0.25, 0.3) is 5.92 Å². The van der Waals surface area contributed by atoms with Gasteiger partial charge in [0.15, 0.2) is 0 Å². The van der Waals surface area contributed by atoms with Crippen molar-refractivity contribution in [2.45, 2.75) is 50.6 Å². The molecule has 2 heterocycles. The quantitative estimate of drug-likeness (QED) is 0.854. The molecule has 1 N–H and O–H groups in total. The van der Waals surface area contributed by atoms with Crippen LogP contribution in [-0.2, 0) is 14.3 Å². The number of hydrogen-bond acceptors (Lipinski definition) is 3. The van der Waals surface area contributed by atoms with E-state index >= 15 is 0 Å². The molecule has 0 aromatic rings. The Balaban J connectivity index is 1.64. The highest BCUT2D eigenvalue weighted by atomic mass is 19.3. The average Bonchev–Trinajstić information content (AvgIpc) is 3.06. The fourth-order valence-corrected chi connectivity index (χ4v) is 3.86. The molecule has 1 saturated carbocycles. The monoisotopic (exact) mass is 316 g/mol. The minimum atomic E-state index is -3.02. The summed E-state index contributed by atoms with van der Waals surface area (Å²) in [5.41, 5.74) is -1.13. The van der Waals surface area contributed by atoms with Crippen molar-refractivity contribution in [2.75, 3.05) is 26.2 Å². The van der Waals surface area contributed by atoms with Gasteiger partial charge in [-0.1, -0.05) is 12.8 Å². The van der Waals surface area contributed by atoms with Gasteiger partial charge in [0.05, 0.1) is 18.1 Å². The summed E-state index contributed by atoms with van der Waals surface area (Å²) in [6.45, 7) is -0.315. The number of alkyl halides is 2. The highest BCUT2D eigenvalue weighted by Crippen LogP contribution is 2.43. The maximum atomic E-state index is 14.0. The SMILES string of the molecule is O=C(COC1CCCC1)N1CC(F)(F)C[C@]2(CCNC2=O)C1. The van der Waals surface area contributed by atoms with Crippen molar-refractivity contribution in [3.05, 3.63) is 0 Å². The Kier molecular flexibility index (Phi) is 4.09. The van der Waals surface area contributed by atoms with Crippen LogP contribution in [0.1, 0.15) is 38.5 Å². The molecule has 0 aromatic heterocycles. The van der Waals surface area contributed by atoms with E-state index in [1.807, 2.05) is 0 Å². The second-order valence-electron chi connectivity index (χ2n) is 6.79. The van der Waals surface area contributed by atoms with Gasteiger partial charge in [-0.25, -0.2) is 8.78 Å². The lowest BCUT2D eigenvalue weighted by atomic mass is 9.77. The van der Waals surface area contributed by atoms with Gasteiger partial charge in [0, 0.05) is 19.5 Å². The number of amides is 2. The molecule has 3 fully saturated rings. The van der Waals surface area contributed by atoms with Gasteiger partial charge >= 0.3 is 0 Å². The largest absolute Gasteiger partial charge is 0.368 e. The standard InChI is InChI=1S/C15H22F2N2O3/c16-15(17)8-14(5-6-18-13(14)21)9-19(10-15)12(20)7-22-11-3-1-2-4-11/h11H,1-10H2,(H,18,21)/t14-/m1/s1. The molecule has 0 unspecified atom stereocenters. The van der Waals surface area contributed by atoms with Gasteiger partial charge in [0.2, 0.25) is 11.8 Å². The molecule has 2 aliphatic heterocycles. The van der Waals surface area contributed by atoms with Gasteiger partial charge < -0.3 is 15.0 Å². The number of likely N-dealkylation sites (tertiary alicyclic amines) is 1. The van der Waals surface area contributed by atoms with Crippen LogP contribution < -0.4 is 5.32 Å². The van der Waals surface area contributed by atoms with Gasteiger partial charge in [-0.15, -0.1) is 0 Å². The number of nitrogens with one attached hydrogen (secondary N) is 1. The zero-order valence-corrected chi connectivity index (χ0v) is 12.6. The number of nitrogens with zero attached hydrogens (tertiary/aromatic N) is 1. The van der Waals surface area contributed by atoms with E-state index in [0.717, 1.165) is 30.6 Å². The van der Waals surface area contributed by atoms with E-state index in [9.17, 15) is 18.4 Å². The molecular weight excluding hydrogens is 294 g/mol. The zero-order chi connectivity index (χ0) is 15.8. The molecule has 22 heavy (non-hydrogen) atoms. The Morgan fingerprint density at radius 2 is 2.05 bits per heavy atom. The third-order valence-electron chi connectivity index (χ3n) is 4.98. The molecule has 0 aromatic carbocycles. The summed E-state index contributed by atoms with van der Waals surface area (Å²) >= 11 is 0. The first-order valence-electron chi connectivity index (χ1n) is 7.96. The van der Waals surface area contributed by atoms with E-state index < -0.39 is 30.2 Å². The summed E-state index contributed by atoms with van der Waals surface area (Å²) in [6.07, 6.45) is 3.98. The van der Waals surface area contributed by atoms with Crippen molar-refractivity contribution in [2.24, 2.45) is 5.41 Å². The van der Waals surface area contributed by atoms with Crippen molar-refractivity contribution in [3.8, 4) is 0 Å². The molecular formula is C15H22F2N2O3. The maximum absolute atomic E-state index is 14.0. The molecule has 2 saturated heterocycles. The van der Waals surface area contributed by atoms with Gasteiger partial charge in [-0.3, -0.25) is 9.59 Å². The third kappa shape index (κ3) is 3.09. The van der Waals surface area contributed by atoms with E-state index in [4.69, 9.17) is 4.74 Å². The first-order chi connectivity index (χ1) is 10.4. The molecule has 7 heteroatoms. The first-order valence-corrected chi connectivity index (χ1v) is 7.96. The normalized spacial score (nSPS) is 31.7. The minimum absolute atomic E-state index is 0.0676. The Morgan fingerprint density at radius 1 is 1.32 bits per heavy atom. The fourth-order valence-electron chi connectivity index (χ4n) is 3.86. The van der Waals surface area contributed by atoms with Crippen LogP contribution in [0.15, 0.2) is 0 Å². The predicted octanol–water partition coefficient (Wildman–Crippen LogP) is 1.32. The Bertz CT molecular complexity index is 466. The molecule has 1 atom stereocenters. The van der Waals surface area contributed by atoms with E-state index in [2.05, 4.69) is 5.32 Å². The highest BCUT2D eigenvalue weighted by Gasteiger charge is 2.55. The lowest BCUT2D eigenvalue weighted by Gasteiger charge is -2.42. The Labute approximate surface area is 128 Å². The van der Waals surface area contributed by atoms with Crippen LogP contribution in [0.2, 0.25) is 0 Å². The fraction of sp³-hybridized carbons (Fsp3) is 0.867. The molecule has 0 radical (unpaired) electrons. The maximum Gasteiger partial charge on any atom is 0.266 e. The van der Waals surface area contributed by atoms with E-state index in [1.54, 1.807) is 0 Å². The second-order valence-corrected chi connectivity index (χ2v) is 6.79. The third-order valence-corrected chi connectivity index (χ3v) is 4.98. The number of piperidine rings is 1. The molecule has 1 spiro atoms. The van der Waals surface area contributed by atoms with Crippen LogP contribution in [0, 0.1) is 5.41 Å². The van der Waals surface area contributed by atoms with Crippen molar-refractivity contribution < 1.29 is 23.1 Å². The number of carbonyl (C=O) groups excluding carboxylic acids is 2. The summed E-state index contributed by atoms with van der Waals surface area (Å²) in [4.78, 5) is 25.3. The summed E-state index contributed by atoms with van der Waals surface area (Å²) in [5.74, 6) is -3.82. The number of halogens is 2. The first kappa shape index (κ1) is 15.6. The second kappa shape index (κ2) is 5.76. The van der Waals surface area contributed by atoms with Crippen LogP contribution in [0.25, 0.3) is 0 Å². The molecule has 1 aliphatic carbocycles. The van der Waals surface area contributed by atoms with Gasteiger partial charge in [-0.05, 0) is 19.3 Å². The predicted molar refractivity (Wildman–Crippen MR) is 74.4 cm³/mol. The molecule has 0 bridgehead atoms. The van der Waals surface area contributed by atoms with Crippen molar-refractivity contribution >= 4 is 11.8 Å². The summed E-state index contributed by atoms with van der Waals surface area (Å²) in [5, 5.41) is 2.61. The van der Waals surface area contributed by atoms with Crippen molar-refractivity contribution in [3.63, 3.8) is 0 Å². The molecule has 124 valence electrons. The minimum Gasteiger partial charge on any atom is -0.368 e. The number of rotatable bonds is 3. The van der Waals surface area contributed by atoms with E-state index in [0.29, 0.717) is 13.0 Å². The van der Waals surface area contributed by atoms with Crippen LogP contribution in [-0.4, -0.2) is 55.0 Å². The molecule has 3 aliphatic rings. The van der Waals surface area contributed by atoms with Crippen LogP contribution in [0.3, 0.4) is 0 Å². The molecule has 2 amide bonds. The lowest BCUT2D eigenvalue weighted by Crippen LogP contribution is -2.57. The average molecular weight is 316 g/mol. The van der Waals surface area contributed by atoms with Crippen LogP contribution >= 0.6 is 0 Å². The van der Waals surface area contributed by atoms with Gasteiger partial charge in [-0.2, -0.15) is 0 Å². The molecule has 5 nitrogen and oxygen atoms in total. The van der Waals surface area contributed by atoms with Gasteiger partial charge in [0.1, 0.15) is 6.61 Å². The van der Waals surface area contributed by atoms with Crippen LogP contribution in [0.5, 0.6) is 0 Å². The number of carbonyl (C=O) groups is 2. The van der Waals surface area contributed by atoms with E-state index in [1.165, 1.54) is 0 Å². The Hall–Kier alpha value is -1.24. The van der Waals surface area contributed by atoms with Crippen molar-refractivity contribution in [1.82, 2.24) is 10.2 Å². The summed E-state index contributed by atoms with van der Waals surface area (Å²) in [7, 11) is 0.